The van der Waals surface area contributed by atoms with Crippen molar-refractivity contribution in [1.29, 1.82) is 0 Å². The van der Waals surface area contributed by atoms with Crippen molar-refractivity contribution in [1.82, 2.24) is 0 Å². The van der Waals surface area contributed by atoms with E-state index in [0.29, 0.717) is 10.9 Å². The molecule has 1 fully saturated rings. The minimum Gasteiger partial charge on any atom is -0.504 e. The van der Waals surface area contributed by atoms with Crippen LogP contribution in [-0.4, -0.2) is 11.0 Å². The summed E-state index contributed by atoms with van der Waals surface area (Å²) < 4.78 is 0. The quantitative estimate of drug-likeness (QED) is 0.792. The van der Waals surface area contributed by atoms with Gasteiger partial charge in [0.05, 0.1) is 10.7 Å². The number of rotatable bonds is 2. The highest BCUT2D eigenvalue weighted by molar-refractivity contribution is 6.36. The van der Waals surface area contributed by atoms with Crippen LogP contribution in [0.25, 0.3) is 0 Å². The van der Waals surface area contributed by atoms with Crippen LogP contribution in [0.4, 0.5) is 5.69 Å². The molecule has 0 atom stereocenters. The topological polar surface area (TPSA) is 49.3 Å². The standard InChI is InChI=1S/C14H17Cl2NO2/c1-8-2-4-9(5-3-8)14(19)17-12-7-10(15)6-11(16)13(12)18/h6-9,18H,2-5H2,1H3,(H,17,19). The molecule has 1 saturated carbocycles. The third-order valence-electron chi connectivity index (χ3n) is 3.67. The fourth-order valence-electron chi connectivity index (χ4n) is 2.42. The van der Waals surface area contributed by atoms with Crippen LogP contribution in [0.3, 0.4) is 0 Å². The Morgan fingerprint density at radius 2 is 1.89 bits per heavy atom. The van der Waals surface area contributed by atoms with Crippen LogP contribution in [-0.2, 0) is 4.79 Å². The molecule has 0 heterocycles. The van der Waals surface area contributed by atoms with Crippen molar-refractivity contribution in [3.8, 4) is 5.75 Å². The molecule has 0 aliphatic heterocycles. The van der Waals surface area contributed by atoms with Gasteiger partial charge in [0.25, 0.3) is 0 Å². The molecule has 1 amide bonds. The minimum absolute atomic E-state index is 0.00774. The lowest BCUT2D eigenvalue weighted by Gasteiger charge is -2.25. The van der Waals surface area contributed by atoms with Gasteiger partial charge in [-0.15, -0.1) is 0 Å². The van der Waals surface area contributed by atoms with E-state index in [0.717, 1.165) is 25.7 Å². The van der Waals surface area contributed by atoms with Crippen molar-refractivity contribution in [2.45, 2.75) is 32.6 Å². The maximum Gasteiger partial charge on any atom is 0.227 e. The first-order valence-electron chi connectivity index (χ1n) is 6.46. The number of amides is 1. The van der Waals surface area contributed by atoms with Crippen LogP contribution < -0.4 is 5.32 Å². The number of nitrogens with one attached hydrogen (secondary N) is 1. The Kier molecular flexibility index (Phi) is 4.58. The van der Waals surface area contributed by atoms with E-state index in [1.165, 1.54) is 12.1 Å². The van der Waals surface area contributed by atoms with Gasteiger partial charge in [0.15, 0.2) is 5.75 Å². The summed E-state index contributed by atoms with van der Waals surface area (Å²) in [5, 5.41) is 13.0. The normalized spacial score (nSPS) is 23.1. The third kappa shape index (κ3) is 3.54. The smallest absolute Gasteiger partial charge is 0.227 e. The van der Waals surface area contributed by atoms with Crippen LogP contribution in [0.1, 0.15) is 32.6 Å². The van der Waals surface area contributed by atoms with Gasteiger partial charge >= 0.3 is 0 Å². The number of phenols is 1. The summed E-state index contributed by atoms with van der Waals surface area (Å²) in [4.78, 5) is 12.1. The van der Waals surface area contributed by atoms with E-state index in [1.807, 2.05) is 0 Å². The first-order chi connectivity index (χ1) is 8.97. The van der Waals surface area contributed by atoms with Gasteiger partial charge in [-0.25, -0.2) is 0 Å². The summed E-state index contributed by atoms with van der Waals surface area (Å²) in [6.45, 7) is 2.21. The van der Waals surface area contributed by atoms with Crippen molar-refractivity contribution < 1.29 is 9.90 Å². The highest BCUT2D eigenvalue weighted by atomic mass is 35.5. The lowest BCUT2D eigenvalue weighted by atomic mass is 9.82. The van der Waals surface area contributed by atoms with Crippen LogP contribution in [0.15, 0.2) is 12.1 Å². The van der Waals surface area contributed by atoms with Crippen molar-refractivity contribution in [3.05, 3.63) is 22.2 Å². The van der Waals surface area contributed by atoms with Gasteiger partial charge in [0, 0.05) is 10.9 Å². The molecule has 0 saturated heterocycles. The molecule has 0 radical (unpaired) electrons. The summed E-state index contributed by atoms with van der Waals surface area (Å²) in [6.07, 6.45) is 3.92. The largest absolute Gasteiger partial charge is 0.504 e. The molecule has 1 aliphatic rings. The molecule has 19 heavy (non-hydrogen) atoms. The predicted molar refractivity (Wildman–Crippen MR) is 77.9 cm³/mol. The molecule has 3 nitrogen and oxygen atoms in total. The molecule has 0 aromatic heterocycles. The van der Waals surface area contributed by atoms with Gasteiger partial charge in [-0.05, 0) is 43.7 Å². The monoisotopic (exact) mass is 301 g/mol. The summed E-state index contributed by atoms with van der Waals surface area (Å²) >= 11 is 11.7. The molecule has 0 spiro atoms. The van der Waals surface area contributed by atoms with E-state index in [2.05, 4.69) is 12.2 Å². The fraction of sp³-hybridized carbons (Fsp3) is 0.500. The zero-order valence-electron chi connectivity index (χ0n) is 10.7. The number of benzene rings is 1. The zero-order valence-corrected chi connectivity index (χ0v) is 12.3. The van der Waals surface area contributed by atoms with E-state index in [4.69, 9.17) is 23.2 Å². The van der Waals surface area contributed by atoms with Gasteiger partial charge in [-0.3, -0.25) is 4.79 Å². The summed E-state index contributed by atoms with van der Waals surface area (Å²) in [5.74, 6) is 0.496. The van der Waals surface area contributed by atoms with E-state index >= 15 is 0 Å². The van der Waals surface area contributed by atoms with Gasteiger partial charge in [0.1, 0.15) is 0 Å². The van der Waals surface area contributed by atoms with Crippen LogP contribution >= 0.6 is 23.2 Å². The Morgan fingerprint density at radius 3 is 2.53 bits per heavy atom. The van der Waals surface area contributed by atoms with E-state index < -0.39 is 0 Å². The maximum atomic E-state index is 12.1. The SMILES string of the molecule is CC1CCC(C(=O)Nc2cc(Cl)cc(Cl)c2O)CC1. The minimum atomic E-state index is -0.136. The molecule has 104 valence electrons. The van der Waals surface area contributed by atoms with Gasteiger partial charge in [0.2, 0.25) is 5.91 Å². The van der Waals surface area contributed by atoms with Crippen molar-refractivity contribution >= 4 is 34.8 Å². The molecule has 2 N–H and O–H groups in total. The average molecular weight is 302 g/mol. The highest BCUT2D eigenvalue weighted by Crippen LogP contribution is 2.36. The van der Waals surface area contributed by atoms with Crippen LogP contribution in [0.5, 0.6) is 5.75 Å². The number of carbonyl (C=O) groups is 1. The second kappa shape index (κ2) is 6.02. The lowest BCUT2D eigenvalue weighted by molar-refractivity contribution is -0.121. The molecule has 5 heteroatoms. The lowest BCUT2D eigenvalue weighted by Crippen LogP contribution is -2.26. The zero-order chi connectivity index (χ0) is 14.0. The number of aromatic hydroxyl groups is 1. The number of hydrogen-bond donors (Lipinski definition) is 2. The Bertz CT molecular complexity index is 483. The summed E-state index contributed by atoms with van der Waals surface area (Å²) in [7, 11) is 0. The molecule has 1 aromatic rings. The summed E-state index contributed by atoms with van der Waals surface area (Å²) in [6, 6.07) is 2.95. The second-order valence-corrected chi connectivity index (χ2v) is 6.07. The van der Waals surface area contributed by atoms with Crippen molar-refractivity contribution in [3.63, 3.8) is 0 Å². The fourth-order valence-corrected chi connectivity index (χ4v) is 2.91. The van der Waals surface area contributed by atoms with Crippen molar-refractivity contribution in [2.75, 3.05) is 5.32 Å². The number of carbonyl (C=O) groups excluding carboxylic acids is 1. The van der Waals surface area contributed by atoms with Gasteiger partial charge in [-0.1, -0.05) is 30.1 Å². The number of hydrogen-bond acceptors (Lipinski definition) is 2. The Balaban J connectivity index is 2.07. The Labute approximate surface area is 122 Å². The molecule has 0 unspecified atom stereocenters. The van der Waals surface area contributed by atoms with E-state index in [9.17, 15) is 9.90 Å². The Hall–Kier alpha value is -0.930. The molecular weight excluding hydrogens is 285 g/mol. The predicted octanol–water partition coefficient (Wildman–Crippen LogP) is 4.46. The molecule has 2 rings (SSSR count). The highest BCUT2D eigenvalue weighted by Gasteiger charge is 2.25. The van der Waals surface area contributed by atoms with E-state index in [1.54, 1.807) is 0 Å². The first-order valence-corrected chi connectivity index (χ1v) is 7.22. The van der Waals surface area contributed by atoms with Crippen molar-refractivity contribution in [2.24, 2.45) is 11.8 Å². The number of phenolic OH excluding ortho intramolecular Hbond substituents is 1. The van der Waals surface area contributed by atoms with Crippen LogP contribution in [0.2, 0.25) is 10.0 Å². The molecule has 0 bridgehead atoms. The van der Waals surface area contributed by atoms with Gasteiger partial charge < -0.3 is 10.4 Å². The second-order valence-electron chi connectivity index (χ2n) is 5.23. The van der Waals surface area contributed by atoms with E-state index in [-0.39, 0.29) is 28.3 Å². The average Bonchev–Trinajstić information content (AvgIpc) is 2.36. The molecular formula is C14H17Cl2NO2. The Morgan fingerprint density at radius 1 is 1.26 bits per heavy atom. The first kappa shape index (κ1) is 14.5. The number of anilines is 1. The number of halogens is 2. The maximum absolute atomic E-state index is 12.1. The van der Waals surface area contributed by atoms with Gasteiger partial charge in [-0.2, -0.15) is 0 Å². The summed E-state index contributed by atoms with van der Waals surface area (Å²) in [5.41, 5.74) is 0.279. The van der Waals surface area contributed by atoms with Crippen LogP contribution in [0, 0.1) is 11.8 Å². The molecule has 1 aromatic carbocycles. The molecule has 1 aliphatic carbocycles. The third-order valence-corrected chi connectivity index (χ3v) is 4.18.